The molecule has 2 aromatic heterocycles. The third kappa shape index (κ3) is 1.87. The quantitative estimate of drug-likeness (QED) is 0.758. The zero-order valence-electron chi connectivity index (χ0n) is 11.2. The van der Waals surface area contributed by atoms with Crippen molar-refractivity contribution >= 4 is 11.3 Å². The molecule has 3 heteroatoms. The number of nitrogens with two attached hydrogens (primary N) is 1. The summed E-state index contributed by atoms with van der Waals surface area (Å²) in [6.07, 6.45) is 2.88. The van der Waals surface area contributed by atoms with Gasteiger partial charge in [0.1, 0.15) is 5.65 Å². The maximum atomic E-state index is 5.95. The number of nitrogen functional groups attached to an aromatic ring is 1. The van der Waals surface area contributed by atoms with Crippen molar-refractivity contribution in [1.29, 1.82) is 0 Å². The second-order valence-electron chi connectivity index (χ2n) is 4.78. The number of hydrogen-bond acceptors (Lipinski definition) is 2. The lowest BCUT2D eigenvalue weighted by atomic mass is 10.1. The molecule has 0 fully saturated rings. The minimum Gasteiger partial charge on any atom is -0.398 e. The van der Waals surface area contributed by atoms with Crippen LogP contribution in [0.5, 0.6) is 0 Å². The van der Waals surface area contributed by atoms with Gasteiger partial charge in [0, 0.05) is 17.4 Å². The van der Waals surface area contributed by atoms with Crippen molar-refractivity contribution in [1.82, 2.24) is 9.38 Å². The molecule has 0 atom stereocenters. The first-order valence-electron chi connectivity index (χ1n) is 6.53. The highest BCUT2D eigenvalue weighted by molar-refractivity contribution is 5.69. The van der Waals surface area contributed by atoms with E-state index in [0.717, 1.165) is 34.6 Å². The van der Waals surface area contributed by atoms with Crippen LogP contribution in [0.1, 0.15) is 18.2 Å². The lowest BCUT2D eigenvalue weighted by molar-refractivity contribution is 0.995. The molecule has 0 unspecified atom stereocenters. The Morgan fingerprint density at radius 1 is 1.21 bits per heavy atom. The summed E-state index contributed by atoms with van der Waals surface area (Å²) in [6, 6.07) is 12.3. The molecule has 0 amide bonds. The van der Waals surface area contributed by atoms with Gasteiger partial charge in [0.05, 0.1) is 11.4 Å². The first kappa shape index (κ1) is 11.8. The van der Waals surface area contributed by atoms with Crippen LogP contribution in [0.4, 0.5) is 5.69 Å². The van der Waals surface area contributed by atoms with E-state index < -0.39 is 0 Å². The van der Waals surface area contributed by atoms with Gasteiger partial charge in [0.2, 0.25) is 0 Å². The van der Waals surface area contributed by atoms with Crippen molar-refractivity contribution in [2.24, 2.45) is 0 Å². The molecule has 19 heavy (non-hydrogen) atoms. The third-order valence-electron chi connectivity index (χ3n) is 3.41. The van der Waals surface area contributed by atoms with E-state index >= 15 is 0 Å². The number of benzene rings is 1. The fourth-order valence-corrected chi connectivity index (χ4v) is 2.55. The number of pyridine rings is 1. The SMILES string of the molecule is CCc1c(-c2ccccc2)nc2c(C)cc(N)cn12. The Morgan fingerprint density at radius 3 is 2.63 bits per heavy atom. The van der Waals surface area contributed by atoms with Gasteiger partial charge in [-0.15, -0.1) is 0 Å². The number of aromatic nitrogens is 2. The summed E-state index contributed by atoms with van der Waals surface area (Å²) in [4.78, 5) is 4.80. The summed E-state index contributed by atoms with van der Waals surface area (Å²) in [6.45, 7) is 4.20. The number of anilines is 1. The molecule has 96 valence electrons. The number of aryl methyl sites for hydroxylation is 2. The molecule has 0 aliphatic heterocycles. The van der Waals surface area contributed by atoms with E-state index in [1.807, 2.05) is 37.4 Å². The molecule has 2 N–H and O–H groups in total. The van der Waals surface area contributed by atoms with Gasteiger partial charge in [-0.25, -0.2) is 4.98 Å². The van der Waals surface area contributed by atoms with Crippen LogP contribution in [0, 0.1) is 6.92 Å². The predicted octanol–water partition coefficient (Wildman–Crippen LogP) is 3.45. The highest BCUT2D eigenvalue weighted by Crippen LogP contribution is 2.27. The summed E-state index contributed by atoms with van der Waals surface area (Å²) in [7, 11) is 0. The zero-order valence-corrected chi connectivity index (χ0v) is 11.2. The Hall–Kier alpha value is -2.29. The van der Waals surface area contributed by atoms with Gasteiger partial charge in [-0.2, -0.15) is 0 Å². The normalized spacial score (nSPS) is 11.1. The molecule has 2 heterocycles. The van der Waals surface area contributed by atoms with Crippen LogP contribution in [0.15, 0.2) is 42.6 Å². The molecule has 3 aromatic rings. The Balaban J connectivity index is 2.35. The smallest absolute Gasteiger partial charge is 0.140 e. The van der Waals surface area contributed by atoms with Crippen molar-refractivity contribution in [3.05, 3.63) is 53.9 Å². The van der Waals surface area contributed by atoms with E-state index in [1.165, 1.54) is 5.69 Å². The summed E-state index contributed by atoms with van der Waals surface area (Å²) < 4.78 is 2.12. The molecule has 0 saturated carbocycles. The number of nitrogens with zero attached hydrogens (tertiary/aromatic N) is 2. The minimum absolute atomic E-state index is 0.775. The maximum Gasteiger partial charge on any atom is 0.140 e. The summed E-state index contributed by atoms with van der Waals surface area (Å²) in [5, 5.41) is 0. The molecule has 0 aliphatic carbocycles. The fraction of sp³-hybridized carbons (Fsp3) is 0.188. The minimum atomic E-state index is 0.775. The highest BCUT2D eigenvalue weighted by atomic mass is 15.0. The van der Waals surface area contributed by atoms with E-state index in [0.29, 0.717) is 0 Å². The second-order valence-corrected chi connectivity index (χ2v) is 4.78. The molecule has 0 radical (unpaired) electrons. The molecule has 3 rings (SSSR count). The average Bonchev–Trinajstić information content (AvgIpc) is 2.78. The number of rotatable bonds is 2. The van der Waals surface area contributed by atoms with E-state index in [2.05, 4.69) is 23.5 Å². The van der Waals surface area contributed by atoms with Crippen LogP contribution in [0.2, 0.25) is 0 Å². The van der Waals surface area contributed by atoms with Gasteiger partial charge in [0.25, 0.3) is 0 Å². The Morgan fingerprint density at radius 2 is 1.95 bits per heavy atom. The van der Waals surface area contributed by atoms with E-state index in [4.69, 9.17) is 10.7 Å². The molecule has 0 aliphatic rings. The average molecular weight is 251 g/mol. The molecular formula is C16H17N3. The number of fused-ring (bicyclic) bond motifs is 1. The standard InChI is InChI=1S/C16H17N3/c1-3-14-15(12-7-5-4-6-8-12)18-16-11(2)9-13(17)10-19(14)16/h4-10H,3,17H2,1-2H3. The van der Waals surface area contributed by atoms with Crippen LogP contribution in [0.3, 0.4) is 0 Å². The molecule has 1 aromatic carbocycles. The largest absolute Gasteiger partial charge is 0.398 e. The van der Waals surface area contributed by atoms with Gasteiger partial charge >= 0.3 is 0 Å². The van der Waals surface area contributed by atoms with Crippen molar-refractivity contribution < 1.29 is 0 Å². The predicted molar refractivity (Wildman–Crippen MR) is 79.2 cm³/mol. The van der Waals surface area contributed by atoms with Crippen LogP contribution < -0.4 is 5.73 Å². The molecule has 3 nitrogen and oxygen atoms in total. The van der Waals surface area contributed by atoms with Gasteiger partial charge in [-0.3, -0.25) is 0 Å². The van der Waals surface area contributed by atoms with Gasteiger partial charge in [0.15, 0.2) is 0 Å². The van der Waals surface area contributed by atoms with Crippen LogP contribution in [-0.2, 0) is 6.42 Å². The van der Waals surface area contributed by atoms with Crippen LogP contribution >= 0.6 is 0 Å². The highest BCUT2D eigenvalue weighted by Gasteiger charge is 2.13. The van der Waals surface area contributed by atoms with E-state index in [9.17, 15) is 0 Å². The van der Waals surface area contributed by atoms with Crippen molar-refractivity contribution in [2.75, 3.05) is 5.73 Å². The van der Waals surface area contributed by atoms with Crippen molar-refractivity contribution in [2.45, 2.75) is 20.3 Å². The van der Waals surface area contributed by atoms with Crippen molar-refractivity contribution in [3.63, 3.8) is 0 Å². The Bertz CT molecular complexity index is 727. The summed E-state index contributed by atoms with van der Waals surface area (Å²) in [5.74, 6) is 0. The van der Waals surface area contributed by atoms with Gasteiger partial charge in [-0.05, 0) is 25.0 Å². The van der Waals surface area contributed by atoms with E-state index in [1.54, 1.807) is 0 Å². The second kappa shape index (κ2) is 4.43. The van der Waals surface area contributed by atoms with Crippen LogP contribution in [-0.4, -0.2) is 9.38 Å². The fourth-order valence-electron chi connectivity index (χ4n) is 2.55. The molecule has 0 spiro atoms. The topological polar surface area (TPSA) is 43.3 Å². The first-order chi connectivity index (χ1) is 9.20. The summed E-state index contributed by atoms with van der Waals surface area (Å²) >= 11 is 0. The summed E-state index contributed by atoms with van der Waals surface area (Å²) in [5.41, 5.74) is 12.2. The molecular weight excluding hydrogens is 234 g/mol. The lowest BCUT2D eigenvalue weighted by Gasteiger charge is -2.04. The van der Waals surface area contributed by atoms with E-state index in [-0.39, 0.29) is 0 Å². The van der Waals surface area contributed by atoms with Gasteiger partial charge in [-0.1, -0.05) is 37.3 Å². The number of imidazole rings is 1. The molecule has 0 saturated heterocycles. The maximum absolute atomic E-state index is 5.95. The van der Waals surface area contributed by atoms with Crippen molar-refractivity contribution in [3.8, 4) is 11.3 Å². The Kier molecular flexibility index (Phi) is 2.75. The zero-order chi connectivity index (χ0) is 13.4. The number of hydrogen-bond donors (Lipinski definition) is 1. The monoisotopic (exact) mass is 251 g/mol. The first-order valence-corrected chi connectivity index (χ1v) is 6.53. The Labute approximate surface area is 112 Å². The van der Waals surface area contributed by atoms with Gasteiger partial charge < -0.3 is 10.1 Å². The third-order valence-corrected chi connectivity index (χ3v) is 3.41. The van der Waals surface area contributed by atoms with Crippen LogP contribution in [0.25, 0.3) is 16.9 Å². The molecule has 0 bridgehead atoms. The lowest BCUT2D eigenvalue weighted by Crippen LogP contribution is -1.97.